The summed E-state index contributed by atoms with van der Waals surface area (Å²) < 4.78 is 7.22. The number of benzene rings is 1. The molecule has 0 N–H and O–H groups in total. The Morgan fingerprint density at radius 2 is 1.76 bits per heavy atom. The molecule has 8 heteroatoms. The minimum absolute atomic E-state index is 0.548. The smallest absolute Gasteiger partial charge is 0.241 e. The van der Waals surface area contributed by atoms with E-state index in [-0.39, 0.29) is 0 Å². The highest BCUT2D eigenvalue weighted by Gasteiger charge is 2.19. The Morgan fingerprint density at radius 3 is 2.48 bits per heavy atom. The Hall–Kier alpha value is -3.00. The molecule has 1 aliphatic rings. The van der Waals surface area contributed by atoms with Crippen LogP contribution in [0.4, 0.5) is 17.6 Å². The maximum absolute atomic E-state index is 5.43. The van der Waals surface area contributed by atoms with E-state index in [1.165, 1.54) is 0 Å². The number of anilines is 3. The minimum atomic E-state index is 0.548. The predicted molar refractivity (Wildman–Crippen MR) is 94.5 cm³/mol. The minimum Gasteiger partial charge on any atom is -0.378 e. The first-order chi connectivity index (χ1) is 12.3. The first-order valence-electron chi connectivity index (χ1n) is 8.17. The molecule has 128 valence electrons. The van der Waals surface area contributed by atoms with Crippen molar-refractivity contribution in [1.82, 2.24) is 24.5 Å². The fourth-order valence-electron chi connectivity index (χ4n) is 2.66. The van der Waals surface area contributed by atoms with Crippen LogP contribution in [0.25, 0.3) is 5.95 Å². The molecule has 1 saturated heterocycles. The second-order valence-electron chi connectivity index (χ2n) is 5.70. The van der Waals surface area contributed by atoms with Crippen LogP contribution in [0.3, 0.4) is 0 Å². The van der Waals surface area contributed by atoms with Crippen LogP contribution in [-0.2, 0) is 4.74 Å². The summed E-state index contributed by atoms with van der Waals surface area (Å²) in [5.41, 5.74) is 1.01. The summed E-state index contributed by atoms with van der Waals surface area (Å²) >= 11 is 0. The summed E-state index contributed by atoms with van der Waals surface area (Å²) in [4.78, 5) is 22.1. The fourth-order valence-corrected chi connectivity index (χ4v) is 2.66. The van der Waals surface area contributed by atoms with Crippen molar-refractivity contribution in [1.29, 1.82) is 0 Å². The molecule has 0 aliphatic carbocycles. The Kier molecular flexibility index (Phi) is 4.26. The molecule has 3 heterocycles. The molecule has 2 aromatic heterocycles. The highest BCUT2D eigenvalue weighted by Crippen LogP contribution is 2.22. The maximum Gasteiger partial charge on any atom is 0.241 e. The van der Waals surface area contributed by atoms with Crippen molar-refractivity contribution < 1.29 is 4.74 Å². The van der Waals surface area contributed by atoms with Gasteiger partial charge in [-0.2, -0.15) is 15.0 Å². The first-order valence-corrected chi connectivity index (χ1v) is 8.17. The van der Waals surface area contributed by atoms with Gasteiger partial charge in [-0.25, -0.2) is 4.98 Å². The van der Waals surface area contributed by atoms with Crippen LogP contribution in [0.15, 0.2) is 49.1 Å². The van der Waals surface area contributed by atoms with Gasteiger partial charge >= 0.3 is 0 Å². The van der Waals surface area contributed by atoms with Gasteiger partial charge in [-0.3, -0.25) is 4.57 Å². The largest absolute Gasteiger partial charge is 0.378 e. The van der Waals surface area contributed by atoms with Gasteiger partial charge in [0.15, 0.2) is 0 Å². The van der Waals surface area contributed by atoms with Gasteiger partial charge in [0.1, 0.15) is 6.33 Å². The van der Waals surface area contributed by atoms with Crippen LogP contribution in [0.1, 0.15) is 0 Å². The Morgan fingerprint density at radius 1 is 1.00 bits per heavy atom. The normalized spacial score (nSPS) is 14.5. The summed E-state index contributed by atoms with van der Waals surface area (Å²) in [7, 11) is 1.95. The van der Waals surface area contributed by atoms with Crippen LogP contribution < -0.4 is 9.80 Å². The number of rotatable bonds is 4. The molecule has 25 heavy (non-hydrogen) atoms. The van der Waals surface area contributed by atoms with Crippen molar-refractivity contribution in [3.8, 4) is 5.95 Å². The summed E-state index contributed by atoms with van der Waals surface area (Å²) in [6, 6.07) is 10.0. The average Bonchev–Trinajstić information content (AvgIpc) is 3.23. The third kappa shape index (κ3) is 3.29. The summed E-state index contributed by atoms with van der Waals surface area (Å²) in [6.45, 7) is 2.88. The number of hydrogen-bond donors (Lipinski definition) is 0. The van der Waals surface area contributed by atoms with E-state index in [0.29, 0.717) is 31.1 Å². The lowest BCUT2D eigenvalue weighted by Crippen LogP contribution is -2.38. The quantitative estimate of drug-likeness (QED) is 0.717. The van der Waals surface area contributed by atoms with E-state index < -0.39 is 0 Å². The van der Waals surface area contributed by atoms with Crippen molar-refractivity contribution in [3.63, 3.8) is 0 Å². The molecule has 1 fully saturated rings. The molecular weight excluding hydrogens is 318 g/mol. The number of para-hydroxylation sites is 1. The molecule has 4 rings (SSSR count). The zero-order valence-electron chi connectivity index (χ0n) is 14.0. The highest BCUT2D eigenvalue weighted by atomic mass is 16.5. The zero-order chi connectivity index (χ0) is 17.1. The number of hydrogen-bond acceptors (Lipinski definition) is 7. The molecule has 0 saturated carbocycles. The first kappa shape index (κ1) is 15.5. The standard InChI is InChI=1S/C17H19N7O/c1-22(14-5-3-2-4-6-14)15-19-16(23-9-11-25-12-10-23)21-17(20-15)24-8-7-18-13-24/h2-8,13H,9-12H2,1H3. The van der Waals surface area contributed by atoms with Crippen molar-refractivity contribution in [3.05, 3.63) is 49.1 Å². The van der Waals surface area contributed by atoms with Crippen LogP contribution in [-0.4, -0.2) is 57.9 Å². The van der Waals surface area contributed by atoms with Gasteiger partial charge < -0.3 is 14.5 Å². The van der Waals surface area contributed by atoms with Gasteiger partial charge in [0.25, 0.3) is 0 Å². The van der Waals surface area contributed by atoms with Crippen molar-refractivity contribution >= 4 is 17.6 Å². The Labute approximate surface area is 145 Å². The number of morpholine rings is 1. The molecule has 3 aromatic rings. The lowest BCUT2D eigenvalue weighted by Gasteiger charge is -2.28. The number of aromatic nitrogens is 5. The molecule has 0 atom stereocenters. The monoisotopic (exact) mass is 337 g/mol. The number of nitrogens with zero attached hydrogens (tertiary/aromatic N) is 7. The molecule has 1 aliphatic heterocycles. The van der Waals surface area contributed by atoms with Crippen LogP contribution in [0.5, 0.6) is 0 Å². The second-order valence-corrected chi connectivity index (χ2v) is 5.70. The molecule has 1 aromatic carbocycles. The lowest BCUT2D eigenvalue weighted by atomic mass is 10.3. The number of ether oxygens (including phenoxy) is 1. The predicted octanol–water partition coefficient (Wildman–Crippen LogP) is 1.66. The van der Waals surface area contributed by atoms with E-state index in [0.717, 1.165) is 18.8 Å². The molecule has 0 amide bonds. The Balaban J connectivity index is 1.76. The molecule has 0 unspecified atom stereocenters. The topological polar surface area (TPSA) is 72.2 Å². The van der Waals surface area contributed by atoms with Gasteiger partial charge in [-0.1, -0.05) is 18.2 Å². The van der Waals surface area contributed by atoms with E-state index in [2.05, 4.69) is 24.8 Å². The maximum atomic E-state index is 5.43. The van der Waals surface area contributed by atoms with E-state index >= 15 is 0 Å². The molecule has 0 spiro atoms. The third-order valence-electron chi connectivity index (χ3n) is 4.07. The lowest BCUT2D eigenvalue weighted by molar-refractivity contribution is 0.122. The Bertz CT molecular complexity index is 816. The van der Waals surface area contributed by atoms with Gasteiger partial charge in [-0.15, -0.1) is 0 Å². The molecular formula is C17H19N7O. The van der Waals surface area contributed by atoms with Crippen molar-refractivity contribution in [2.45, 2.75) is 0 Å². The molecule has 0 radical (unpaired) electrons. The van der Waals surface area contributed by atoms with E-state index in [4.69, 9.17) is 4.74 Å². The van der Waals surface area contributed by atoms with E-state index in [1.807, 2.05) is 48.5 Å². The zero-order valence-corrected chi connectivity index (χ0v) is 14.0. The van der Waals surface area contributed by atoms with Gasteiger partial charge in [0.2, 0.25) is 17.8 Å². The SMILES string of the molecule is CN(c1ccccc1)c1nc(N2CCOCC2)nc(-n2ccnc2)n1. The summed E-state index contributed by atoms with van der Waals surface area (Å²) in [5, 5.41) is 0. The van der Waals surface area contributed by atoms with Gasteiger partial charge in [-0.05, 0) is 12.1 Å². The number of imidazole rings is 1. The van der Waals surface area contributed by atoms with Crippen LogP contribution >= 0.6 is 0 Å². The van der Waals surface area contributed by atoms with Crippen LogP contribution in [0.2, 0.25) is 0 Å². The summed E-state index contributed by atoms with van der Waals surface area (Å²) in [6.07, 6.45) is 5.22. The third-order valence-corrected chi connectivity index (χ3v) is 4.07. The highest BCUT2D eigenvalue weighted by molar-refractivity contribution is 5.57. The molecule has 0 bridgehead atoms. The van der Waals surface area contributed by atoms with E-state index in [9.17, 15) is 0 Å². The second kappa shape index (κ2) is 6.86. The van der Waals surface area contributed by atoms with Gasteiger partial charge in [0.05, 0.1) is 13.2 Å². The van der Waals surface area contributed by atoms with Crippen molar-refractivity contribution in [2.24, 2.45) is 0 Å². The summed E-state index contributed by atoms with van der Waals surface area (Å²) in [5.74, 6) is 1.79. The van der Waals surface area contributed by atoms with Crippen LogP contribution in [0, 0.1) is 0 Å². The van der Waals surface area contributed by atoms with E-state index in [1.54, 1.807) is 17.1 Å². The van der Waals surface area contributed by atoms with Gasteiger partial charge in [0, 0.05) is 38.2 Å². The van der Waals surface area contributed by atoms with Crippen molar-refractivity contribution in [2.75, 3.05) is 43.2 Å². The molecule has 8 nitrogen and oxygen atoms in total. The average molecular weight is 337 g/mol. The fraction of sp³-hybridized carbons (Fsp3) is 0.294.